The van der Waals surface area contributed by atoms with E-state index < -0.39 is 17.6 Å². The number of nitrogens with zero attached hydrogens (tertiary/aromatic N) is 2. The van der Waals surface area contributed by atoms with Crippen LogP contribution < -0.4 is 11.1 Å². The molecule has 1 aromatic carbocycles. The molecule has 0 saturated carbocycles. The average molecular weight is 377 g/mol. The lowest BCUT2D eigenvalue weighted by atomic mass is 10.1. The number of hydrogen-bond acceptors (Lipinski definition) is 3. The van der Waals surface area contributed by atoms with Crippen molar-refractivity contribution in [1.29, 1.82) is 0 Å². The van der Waals surface area contributed by atoms with Crippen LogP contribution in [0.25, 0.3) is 0 Å². The number of nitrogens with one attached hydrogen (secondary N) is 1. The Bertz CT molecular complexity index is 756. The van der Waals surface area contributed by atoms with Crippen molar-refractivity contribution in [2.75, 3.05) is 5.32 Å². The summed E-state index contributed by atoms with van der Waals surface area (Å²) < 4.78 is 40.3. The van der Waals surface area contributed by atoms with Crippen LogP contribution in [0.2, 0.25) is 0 Å². The largest absolute Gasteiger partial charge is 0.416 e. The van der Waals surface area contributed by atoms with Crippen molar-refractivity contribution in [3.8, 4) is 0 Å². The molecule has 0 atom stereocenters. The SMILES string of the molecule is CC(C)c1cc(C(=O)Nc2cc(CN)cc(C(F)(F)F)c2)nn1C.Cl. The van der Waals surface area contributed by atoms with Gasteiger partial charge in [0, 0.05) is 25.0 Å². The minimum Gasteiger partial charge on any atom is -0.326 e. The van der Waals surface area contributed by atoms with Gasteiger partial charge in [0.2, 0.25) is 0 Å². The molecule has 0 spiro atoms. The Balaban J connectivity index is 0.00000312. The van der Waals surface area contributed by atoms with Crippen LogP contribution >= 0.6 is 12.4 Å². The Morgan fingerprint density at radius 1 is 1.28 bits per heavy atom. The molecule has 0 bridgehead atoms. The minimum atomic E-state index is -4.51. The van der Waals surface area contributed by atoms with Crippen molar-refractivity contribution in [2.24, 2.45) is 12.8 Å². The van der Waals surface area contributed by atoms with Gasteiger partial charge in [0.05, 0.1) is 5.56 Å². The molecule has 2 rings (SSSR count). The maximum Gasteiger partial charge on any atom is 0.416 e. The Hall–Kier alpha value is -2.06. The van der Waals surface area contributed by atoms with E-state index in [1.807, 2.05) is 13.8 Å². The number of carbonyl (C=O) groups is 1. The number of halogens is 4. The number of hydrogen-bond donors (Lipinski definition) is 2. The van der Waals surface area contributed by atoms with E-state index in [0.29, 0.717) is 0 Å². The summed E-state index contributed by atoms with van der Waals surface area (Å²) in [6.45, 7) is 3.85. The summed E-state index contributed by atoms with van der Waals surface area (Å²) in [5.74, 6) is -0.402. The van der Waals surface area contributed by atoms with E-state index in [-0.39, 0.29) is 41.8 Å². The van der Waals surface area contributed by atoms with Gasteiger partial charge in [-0.25, -0.2) is 0 Å². The van der Waals surface area contributed by atoms with Crippen LogP contribution in [0, 0.1) is 0 Å². The molecule has 0 fully saturated rings. The molecule has 3 N–H and O–H groups in total. The Kier molecular flexibility index (Phi) is 6.61. The van der Waals surface area contributed by atoms with E-state index in [1.165, 1.54) is 6.07 Å². The van der Waals surface area contributed by atoms with Crippen LogP contribution in [0.5, 0.6) is 0 Å². The van der Waals surface area contributed by atoms with Crippen molar-refractivity contribution in [1.82, 2.24) is 9.78 Å². The number of aromatic nitrogens is 2. The molecule has 138 valence electrons. The van der Waals surface area contributed by atoms with E-state index in [2.05, 4.69) is 10.4 Å². The Morgan fingerprint density at radius 3 is 2.40 bits per heavy atom. The number of nitrogens with two attached hydrogens (primary N) is 1. The van der Waals surface area contributed by atoms with E-state index >= 15 is 0 Å². The van der Waals surface area contributed by atoms with Crippen molar-refractivity contribution < 1.29 is 18.0 Å². The highest BCUT2D eigenvalue weighted by molar-refractivity contribution is 6.03. The topological polar surface area (TPSA) is 72.9 Å². The van der Waals surface area contributed by atoms with Gasteiger partial charge in [-0.2, -0.15) is 18.3 Å². The van der Waals surface area contributed by atoms with Gasteiger partial charge in [0.25, 0.3) is 5.91 Å². The smallest absolute Gasteiger partial charge is 0.326 e. The quantitative estimate of drug-likeness (QED) is 0.854. The summed E-state index contributed by atoms with van der Waals surface area (Å²) in [4.78, 5) is 12.3. The van der Waals surface area contributed by atoms with Gasteiger partial charge in [-0.1, -0.05) is 13.8 Å². The third kappa shape index (κ3) is 4.96. The van der Waals surface area contributed by atoms with Gasteiger partial charge in [-0.15, -0.1) is 12.4 Å². The maximum atomic E-state index is 12.9. The summed E-state index contributed by atoms with van der Waals surface area (Å²) in [7, 11) is 1.71. The number of amides is 1. The number of rotatable bonds is 4. The first-order valence-electron chi connectivity index (χ1n) is 7.38. The number of benzene rings is 1. The average Bonchev–Trinajstić information content (AvgIpc) is 2.88. The fraction of sp³-hybridized carbons (Fsp3) is 0.375. The van der Waals surface area contributed by atoms with Gasteiger partial charge in [-0.3, -0.25) is 9.48 Å². The first-order valence-corrected chi connectivity index (χ1v) is 7.38. The third-order valence-electron chi connectivity index (χ3n) is 3.55. The lowest BCUT2D eigenvalue weighted by molar-refractivity contribution is -0.137. The van der Waals surface area contributed by atoms with Gasteiger partial charge < -0.3 is 11.1 Å². The van der Waals surface area contributed by atoms with Crippen LogP contribution in [-0.4, -0.2) is 15.7 Å². The summed E-state index contributed by atoms with van der Waals surface area (Å²) >= 11 is 0. The van der Waals surface area contributed by atoms with Gasteiger partial charge in [0.1, 0.15) is 0 Å². The molecule has 9 heteroatoms. The van der Waals surface area contributed by atoms with E-state index in [4.69, 9.17) is 5.73 Å². The predicted octanol–water partition coefficient (Wildman–Crippen LogP) is 3.70. The Morgan fingerprint density at radius 2 is 1.92 bits per heavy atom. The first-order chi connectivity index (χ1) is 11.1. The summed E-state index contributed by atoms with van der Waals surface area (Å²) in [5.41, 5.74) is 5.89. The second-order valence-electron chi connectivity index (χ2n) is 5.81. The zero-order valence-electron chi connectivity index (χ0n) is 14.0. The zero-order valence-corrected chi connectivity index (χ0v) is 14.8. The summed E-state index contributed by atoms with van der Waals surface area (Å²) in [5, 5.41) is 6.55. The molecule has 0 aliphatic rings. The molecule has 1 amide bonds. The molecule has 0 saturated heterocycles. The molecular weight excluding hydrogens is 357 g/mol. The van der Waals surface area contributed by atoms with Crippen molar-refractivity contribution in [2.45, 2.75) is 32.5 Å². The van der Waals surface area contributed by atoms with Crippen LogP contribution in [0.15, 0.2) is 24.3 Å². The fourth-order valence-electron chi connectivity index (χ4n) is 2.37. The lowest BCUT2D eigenvalue weighted by Crippen LogP contribution is -2.15. The first kappa shape index (κ1) is 21.0. The van der Waals surface area contributed by atoms with Crippen LogP contribution in [0.3, 0.4) is 0 Å². The highest BCUT2D eigenvalue weighted by Gasteiger charge is 2.31. The van der Waals surface area contributed by atoms with Crippen LogP contribution in [0.1, 0.15) is 47.1 Å². The summed E-state index contributed by atoms with van der Waals surface area (Å²) in [6, 6.07) is 4.88. The third-order valence-corrected chi connectivity index (χ3v) is 3.55. The predicted molar refractivity (Wildman–Crippen MR) is 91.8 cm³/mol. The number of carbonyl (C=O) groups excluding carboxylic acids is 1. The Labute approximate surface area is 149 Å². The van der Waals surface area contributed by atoms with E-state index in [0.717, 1.165) is 17.8 Å². The molecule has 25 heavy (non-hydrogen) atoms. The monoisotopic (exact) mass is 376 g/mol. The van der Waals surface area contributed by atoms with Gasteiger partial charge in [-0.05, 0) is 35.7 Å². The molecule has 0 unspecified atom stereocenters. The maximum absolute atomic E-state index is 12.9. The molecule has 1 heterocycles. The second kappa shape index (κ2) is 7.88. The molecule has 0 radical (unpaired) electrons. The van der Waals surface area contributed by atoms with Crippen LogP contribution in [0.4, 0.5) is 18.9 Å². The minimum absolute atomic E-state index is 0. The lowest BCUT2D eigenvalue weighted by Gasteiger charge is -2.12. The van der Waals surface area contributed by atoms with Gasteiger partial charge >= 0.3 is 6.18 Å². The zero-order chi connectivity index (χ0) is 18.1. The molecule has 5 nitrogen and oxygen atoms in total. The molecule has 0 aliphatic carbocycles. The summed E-state index contributed by atoms with van der Waals surface area (Å²) in [6.07, 6.45) is -4.51. The molecule has 2 aromatic rings. The second-order valence-corrected chi connectivity index (χ2v) is 5.81. The van der Waals surface area contributed by atoms with E-state index in [1.54, 1.807) is 17.8 Å². The van der Waals surface area contributed by atoms with Crippen LogP contribution in [-0.2, 0) is 19.8 Å². The molecule has 0 aliphatic heterocycles. The normalized spacial score (nSPS) is 11.4. The number of alkyl halides is 3. The molecule has 1 aromatic heterocycles. The van der Waals surface area contributed by atoms with Gasteiger partial charge in [0.15, 0.2) is 5.69 Å². The van der Waals surface area contributed by atoms with E-state index in [9.17, 15) is 18.0 Å². The highest BCUT2D eigenvalue weighted by atomic mass is 35.5. The van der Waals surface area contributed by atoms with Crippen molar-refractivity contribution in [3.05, 3.63) is 46.8 Å². The highest BCUT2D eigenvalue weighted by Crippen LogP contribution is 2.32. The number of anilines is 1. The standard InChI is InChI=1S/C16H19F3N4O.ClH/c1-9(2)14-7-13(22-23(14)3)15(24)21-12-5-10(8-20)4-11(6-12)16(17,18)19;/h4-7,9H,8,20H2,1-3H3,(H,21,24);1H. The molecular formula is C16H20ClF3N4O. The van der Waals surface area contributed by atoms with Crippen molar-refractivity contribution >= 4 is 24.0 Å². The van der Waals surface area contributed by atoms with Crippen molar-refractivity contribution in [3.63, 3.8) is 0 Å². The fourth-order valence-corrected chi connectivity index (χ4v) is 2.37. The number of aryl methyl sites for hydroxylation is 1.